The second kappa shape index (κ2) is 10.4. The molecule has 0 unspecified atom stereocenters. The zero-order valence-electron chi connectivity index (χ0n) is 21.1. The Balaban J connectivity index is 1.45. The summed E-state index contributed by atoms with van der Waals surface area (Å²) in [5.41, 5.74) is 0.992. The molecule has 5 rings (SSSR count). The van der Waals surface area contributed by atoms with E-state index >= 15 is 0 Å². The third-order valence-corrected chi connectivity index (χ3v) is 6.71. The van der Waals surface area contributed by atoms with Gasteiger partial charge in [0, 0.05) is 70.0 Å². The van der Waals surface area contributed by atoms with Crippen molar-refractivity contribution in [2.24, 2.45) is 0 Å². The van der Waals surface area contributed by atoms with Crippen LogP contribution in [0.3, 0.4) is 0 Å². The summed E-state index contributed by atoms with van der Waals surface area (Å²) in [7, 11) is 1.52. The molecule has 3 aromatic rings. The number of fused-ring (bicyclic) bond motifs is 1. The molecule has 2 aliphatic heterocycles. The molecule has 3 N–H and O–H groups in total. The number of piperazine rings is 1. The molecule has 4 heterocycles. The Labute approximate surface area is 217 Å². The summed E-state index contributed by atoms with van der Waals surface area (Å²) in [5.74, 6) is -0.252. The molecule has 0 radical (unpaired) electrons. The molecule has 38 heavy (non-hydrogen) atoms. The zero-order valence-corrected chi connectivity index (χ0v) is 21.1. The minimum absolute atomic E-state index is 0.0525. The third kappa shape index (κ3) is 5.05. The van der Waals surface area contributed by atoms with Gasteiger partial charge in [-0.1, -0.05) is 0 Å². The van der Waals surface area contributed by atoms with Crippen LogP contribution >= 0.6 is 0 Å². The molecule has 13 heteroatoms. The molecule has 0 bridgehead atoms. The molecule has 10 nitrogen and oxygen atoms in total. The number of hydrogen-bond acceptors (Lipinski definition) is 8. The van der Waals surface area contributed by atoms with E-state index in [0.29, 0.717) is 36.8 Å². The highest BCUT2D eigenvalue weighted by Gasteiger charge is 2.36. The summed E-state index contributed by atoms with van der Waals surface area (Å²) < 4.78 is 48.8. The average molecular weight is 531 g/mol. The molecular formula is C25H29F3N8O2. The molecule has 202 valence electrons. The second-order valence-corrected chi connectivity index (χ2v) is 8.98. The van der Waals surface area contributed by atoms with Gasteiger partial charge in [-0.05, 0) is 25.1 Å². The molecule has 0 aliphatic carbocycles. The highest BCUT2D eigenvalue weighted by molar-refractivity contribution is 5.99. The number of halogens is 3. The Morgan fingerprint density at radius 2 is 1.87 bits per heavy atom. The lowest BCUT2D eigenvalue weighted by Crippen LogP contribution is -2.43. The van der Waals surface area contributed by atoms with Crippen LogP contribution in [0, 0.1) is 0 Å². The summed E-state index contributed by atoms with van der Waals surface area (Å²) in [5, 5.41) is 9.03. The molecule has 0 saturated carbocycles. The van der Waals surface area contributed by atoms with Crippen molar-refractivity contribution in [1.29, 1.82) is 0 Å². The molecular weight excluding hydrogens is 501 g/mol. The summed E-state index contributed by atoms with van der Waals surface area (Å²) >= 11 is 0. The number of carbonyl (C=O) groups is 1. The summed E-state index contributed by atoms with van der Waals surface area (Å²) in [6.07, 6.45) is -2.30. The maximum atomic E-state index is 13.9. The first-order valence-corrected chi connectivity index (χ1v) is 12.4. The van der Waals surface area contributed by atoms with Crippen LogP contribution in [-0.4, -0.2) is 71.7 Å². The number of carbonyl (C=O) groups excluding carboxylic acids is 1. The fourth-order valence-electron chi connectivity index (χ4n) is 4.68. The van der Waals surface area contributed by atoms with E-state index in [1.807, 2.05) is 19.1 Å². The average Bonchev–Trinajstić information content (AvgIpc) is 3.32. The van der Waals surface area contributed by atoms with E-state index in [9.17, 15) is 18.0 Å². The first-order valence-electron chi connectivity index (χ1n) is 12.4. The SMILES string of the molecule is CCN1CCn2ccc(Nc3nc(Nc4ccc(N5CCNCC5)cc4OC)ncc3C(F)(F)F)c2C1=O. The largest absolute Gasteiger partial charge is 0.494 e. The van der Waals surface area contributed by atoms with E-state index in [4.69, 9.17) is 4.74 Å². The maximum Gasteiger partial charge on any atom is 0.421 e. The van der Waals surface area contributed by atoms with Gasteiger partial charge >= 0.3 is 6.18 Å². The molecule has 0 spiro atoms. The van der Waals surface area contributed by atoms with Gasteiger partial charge in [-0.3, -0.25) is 4.79 Å². The van der Waals surface area contributed by atoms with Crippen LogP contribution in [0.1, 0.15) is 23.0 Å². The van der Waals surface area contributed by atoms with Gasteiger partial charge in [0.05, 0.1) is 18.5 Å². The number of likely N-dealkylation sites (N-methyl/N-ethyl adjacent to an activating group) is 1. The van der Waals surface area contributed by atoms with Gasteiger partial charge in [0.15, 0.2) is 0 Å². The predicted molar refractivity (Wildman–Crippen MR) is 138 cm³/mol. The van der Waals surface area contributed by atoms with E-state index < -0.39 is 17.6 Å². The molecule has 1 aromatic carbocycles. The minimum Gasteiger partial charge on any atom is -0.494 e. The topological polar surface area (TPSA) is 99.6 Å². The van der Waals surface area contributed by atoms with Gasteiger partial charge in [-0.2, -0.15) is 18.2 Å². The van der Waals surface area contributed by atoms with Crippen molar-refractivity contribution < 1.29 is 22.7 Å². The smallest absolute Gasteiger partial charge is 0.421 e. The van der Waals surface area contributed by atoms with Gasteiger partial charge < -0.3 is 35.1 Å². The Bertz CT molecular complexity index is 1320. The van der Waals surface area contributed by atoms with E-state index in [1.54, 1.807) is 27.8 Å². The molecule has 2 aliphatic rings. The maximum absolute atomic E-state index is 13.9. The Morgan fingerprint density at radius 1 is 1.08 bits per heavy atom. The number of aromatic nitrogens is 3. The highest BCUT2D eigenvalue weighted by atomic mass is 19.4. The van der Waals surface area contributed by atoms with Crippen molar-refractivity contribution >= 4 is 34.7 Å². The molecule has 1 amide bonds. The van der Waals surface area contributed by atoms with E-state index in [2.05, 4.69) is 30.8 Å². The van der Waals surface area contributed by atoms with Crippen LogP contribution in [0.15, 0.2) is 36.7 Å². The number of anilines is 5. The number of nitrogens with zero attached hydrogens (tertiary/aromatic N) is 5. The van der Waals surface area contributed by atoms with E-state index in [1.165, 1.54) is 7.11 Å². The number of rotatable bonds is 7. The normalized spacial score (nSPS) is 15.9. The second-order valence-electron chi connectivity index (χ2n) is 8.98. The van der Waals surface area contributed by atoms with Crippen molar-refractivity contribution in [1.82, 2.24) is 24.8 Å². The number of ether oxygens (including phenoxy) is 1. The van der Waals surface area contributed by atoms with Crippen LogP contribution in [0.4, 0.5) is 42.0 Å². The van der Waals surface area contributed by atoms with Gasteiger partial charge in [0.1, 0.15) is 22.8 Å². The van der Waals surface area contributed by atoms with Crippen molar-refractivity contribution in [2.45, 2.75) is 19.6 Å². The summed E-state index contributed by atoms with van der Waals surface area (Å²) in [4.78, 5) is 24.8. The van der Waals surface area contributed by atoms with Crippen molar-refractivity contribution in [2.75, 3.05) is 61.9 Å². The lowest BCUT2D eigenvalue weighted by molar-refractivity contribution is -0.137. The van der Waals surface area contributed by atoms with Crippen LogP contribution in [-0.2, 0) is 12.7 Å². The summed E-state index contributed by atoms with van der Waals surface area (Å²) in [6.45, 7) is 6.94. The lowest BCUT2D eigenvalue weighted by atomic mass is 10.2. The molecule has 1 saturated heterocycles. The fourth-order valence-corrected chi connectivity index (χ4v) is 4.68. The van der Waals surface area contributed by atoms with Crippen molar-refractivity contribution in [3.05, 3.63) is 47.9 Å². The first-order chi connectivity index (χ1) is 18.3. The van der Waals surface area contributed by atoms with Crippen LogP contribution in [0.25, 0.3) is 0 Å². The molecule has 1 fully saturated rings. The summed E-state index contributed by atoms with van der Waals surface area (Å²) in [6, 6.07) is 7.15. The Hall–Kier alpha value is -4.00. The molecule has 2 aromatic heterocycles. The predicted octanol–water partition coefficient (Wildman–Crippen LogP) is 3.68. The van der Waals surface area contributed by atoms with E-state index in [0.717, 1.165) is 38.1 Å². The van der Waals surface area contributed by atoms with Gasteiger partial charge in [0.25, 0.3) is 5.91 Å². The number of benzene rings is 1. The number of alkyl halides is 3. The van der Waals surface area contributed by atoms with Crippen LogP contribution in [0.5, 0.6) is 5.75 Å². The number of methoxy groups -OCH3 is 1. The van der Waals surface area contributed by atoms with Crippen LogP contribution in [0.2, 0.25) is 0 Å². The third-order valence-electron chi connectivity index (χ3n) is 6.71. The minimum atomic E-state index is -4.71. The lowest BCUT2D eigenvalue weighted by Gasteiger charge is -2.30. The standard InChI is InChI=1S/C25H29F3N8O2/c1-3-34-12-13-36-9-6-19(21(36)23(34)37)31-22-17(25(26,27)28)15-30-24(33-22)32-18-5-4-16(14-20(18)38-2)35-10-7-29-8-11-35/h4-6,9,14-15,29H,3,7-8,10-13H2,1-2H3,(H2,30,31,32,33). The number of hydrogen-bond donors (Lipinski definition) is 3. The van der Waals surface area contributed by atoms with Gasteiger partial charge in [-0.25, -0.2) is 4.98 Å². The van der Waals surface area contributed by atoms with Crippen molar-refractivity contribution in [3.8, 4) is 5.75 Å². The fraction of sp³-hybridized carbons (Fsp3) is 0.400. The Morgan fingerprint density at radius 3 is 2.58 bits per heavy atom. The first kappa shape index (κ1) is 25.6. The monoisotopic (exact) mass is 530 g/mol. The van der Waals surface area contributed by atoms with E-state index in [-0.39, 0.29) is 17.5 Å². The molecule has 0 atom stereocenters. The number of nitrogens with one attached hydrogen (secondary N) is 3. The van der Waals surface area contributed by atoms with Crippen molar-refractivity contribution in [3.63, 3.8) is 0 Å². The van der Waals surface area contributed by atoms with Crippen LogP contribution < -0.4 is 25.6 Å². The quantitative estimate of drug-likeness (QED) is 0.426. The number of amides is 1. The zero-order chi connectivity index (χ0) is 26.9. The van der Waals surface area contributed by atoms with Gasteiger partial charge in [-0.15, -0.1) is 0 Å². The Kier molecular flexibility index (Phi) is 7.02. The van der Waals surface area contributed by atoms with Gasteiger partial charge in [0.2, 0.25) is 5.95 Å². The highest BCUT2D eigenvalue weighted by Crippen LogP contribution is 2.37.